The molecule has 0 spiro atoms. The first-order valence-corrected chi connectivity index (χ1v) is 6.02. The number of hydrogen-bond donors (Lipinski definition) is 1. The molecule has 0 amide bonds. The van der Waals surface area contributed by atoms with Crippen LogP contribution in [0.15, 0.2) is 36.7 Å². The van der Waals surface area contributed by atoms with Crippen LogP contribution in [0.4, 0.5) is 11.5 Å². The van der Waals surface area contributed by atoms with Gasteiger partial charge in [-0.2, -0.15) is 0 Å². The van der Waals surface area contributed by atoms with Gasteiger partial charge < -0.3 is 10.0 Å². The number of rotatable bonds is 4. The fraction of sp³-hybridized carbons (Fsp3) is 0.214. The van der Waals surface area contributed by atoms with Crippen LogP contribution in [0, 0.1) is 6.92 Å². The minimum atomic E-state index is -1.07. The number of aromatic nitrogens is 2. The Bertz CT molecular complexity index is 599. The predicted molar refractivity (Wildman–Crippen MR) is 72.9 cm³/mol. The maximum Gasteiger partial charge on any atom is 0.356 e. The van der Waals surface area contributed by atoms with Crippen LogP contribution in [0.3, 0.4) is 0 Å². The minimum Gasteiger partial charge on any atom is -0.476 e. The molecule has 0 aliphatic heterocycles. The highest BCUT2D eigenvalue weighted by Crippen LogP contribution is 2.25. The van der Waals surface area contributed by atoms with E-state index in [2.05, 4.69) is 9.97 Å². The number of carbonyl (C=O) groups is 1. The van der Waals surface area contributed by atoms with Crippen LogP contribution in [0.2, 0.25) is 0 Å². The van der Waals surface area contributed by atoms with Crippen molar-refractivity contribution in [1.82, 2.24) is 9.97 Å². The number of para-hydroxylation sites is 1. The van der Waals surface area contributed by atoms with E-state index in [0.29, 0.717) is 12.4 Å². The number of benzene rings is 1. The third-order valence-corrected chi connectivity index (χ3v) is 2.84. The summed E-state index contributed by atoms with van der Waals surface area (Å²) in [7, 11) is 0. The van der Waals surface area contributed by atoms with Gasteiger partial charge in [0.1, 0.15) is 0 Å². The normalized spacial score (nSPS) is 10.2. The van der Waals surface area contributed by atoms with Crippen molar-refractivity contribution in [2.45, 2.75) is 13.8 Å². The van der Waals surface area contributed by atoms with Crippen molar-refractivity contribution >= 4 is 17.5 Å². The van der Waals surface area contributed by atoms with Gasteiger partial charge in [-0.15, -0.1) is 0 Å². The van der Waals surface area contributed by atoms with E-state index in [1.165, 1.54) is 6.20 Å². The van der Waals surface area contributed by atoms with Crippen molar-refractivity contribution in [3.05, 3.63) is 47.9 Å². The molecule has 0 unspecified atom stereocenters. The van der Waals surface area contributed by atoms with Gasteiger partial charge in [-0.3, -0.25) is 4.98 Å². The summed E-state index contributed by atoms with van der Waals surface area (Å²) in [6, 6.07) is 7.89. The number of hydrogen-bond acceptors (Lipinski definition) is 4. The summed E-state index contributed by atoms with van der Waals surface area (Å²) in [5, 5.41) is 8.97. The van der Waals surface area contributed by atoms with Gasteiger partial charge in [0.2, 0.25) is 0 Å². The summed E-state index contributed by atoms with van der Waals surface area (Å²) < 4.78 is 0. The molecule has 0 saturated heterocycles. The molecule has 1 aromatic carbocycles. The third kappa shape index (κ3) is 2.70. The Labute approximate surface area is 111 Å². The average molecular weight is 257 g/mol. The second-order valence-corrected chi connectivity index (χ2v) is 4.10. The van der Waals surface area contributed by atoms with Gasteiger partial charge in [0, 0.05) is 12.2 Å². The maximum atomic E-state index is 10.9. The summed E-state index contributed by atoms with van der Waals surface area (Å²) in [5.74, 6) is -0.535. The highest BCUT2D eigenvalue weighted by molar-refractivity contribution is 5.85. The second-order valence-electron chi connectivity index (χ2n) is 4.10. The average Bonchev–Trinajstić information content (AvgIpc) is 2.42. The fourth-order valence-electron chi connectivity index (χ4n) is 1.91. The predicted octanol–water partition coefficient (Wildman–Crippen LogP) is 2.64. The largest absolute Gasteiger partial charge is 0.476 e. The minimum absolute atomic E-state index is 0.0514. The van der Waals surface area contributed by atoms with E-state index >= 15 is 0 Å². The van der Waals surface area contributed by atoms with E-state index < -0.39 is 5.97 Å². The first-order valence-electron chi connectivity index (χ1n) is 6.02. The van der Waals surface area contributed by atoms with E-state index in [0.717, 1.165) is 11.3 Å². The Morgan fingerprint density at radius 3 is 2.68 bits per heavy atom. The van der Waals surface area contributed by atoms with E-state index in [1.54, 1.807) is 6.20 Å². The summed E-state index contributed by atoms with van der Waals surface area (Å²) in [5.41, 5.74) is 2.05. The Morgan fingerprint density at radius 1 is 1.32 bits per heavy atom. The van der Waals surface area contributed by atoms with Gasteiger partial charge in [0.15, 0.2) is 11.5 Å². The van der Waals surface area contributed by atoms with Crippen LogP contribution < -0.4 is 4.90 Å². The van der Waals surface area contributed by atoms with Gasteiger partial charge in [0.05, 0.1) is 12.4 Å². The standard InChI is InChI=1S/C14H15N3O2/c1-3-17(12-7-5-4-6-10(12)2)13-9-15-8-11(16-13)14(18)19/h4-9H,3H2,1-2H3,(H,18,19). The molecule has 98 valence electrons. The Balaban J connectivity index is 2.45. The molecule has 0 atom stereocenters. The molecule has 1 aromatic heterocycles. The maximum absolute atomic E-state index is 10.9. The lowest BCUT2D eigenvalue weighted by Crippen LogP contribution is -2.19. The second kappa shape index (κ2) is 5.48. The van der Waals surface area contributed by atoms with Crippen molar-refractivity contribution in [2.75, 3.05) is 11.4 Å². The molecule has 0 saturated carbocycles. The first kappa shape index (κ1) is 13.0. The zero-order valence-corrected chi connectivity index (χ0v) is 10.9. The monoisotopic (exact) mass is 257 g/mol. The Hall–Kier alpha value is -2.43. The number of aryl methyl sites for hydroxylation is 1. The Morgan fingerprint density at radius 2 is 2.05 bits per heavy atom. The highest BCUT2D eigenvalue weighted by atomic mass is 16.4. The highest BCUT2D eigenvalue weighted by Gasteiger charge is 2.13. The van der Waals surface area contributed by atoms with Crippen molar-refractivity contribution < 1.29 is 9.90 Å². The summed E-state index contributed by atoms with van der Waals surface area (Å²) in [6.45, 7) is 4.68. The molecule has 5 heteroatoms. The lowest BCUT2D eigenvalue weighted by Gasteiger charge is -2.23. The molecule has 19 heavy (non-hydrogen) atoms. The molecule has 2 aromatic rings. The van der Waals surface area contributed by atoms with Crippen LogP contribution in [0.25, 0.3) is 0 Å². The molecule has 0 bridgehead atoms. The molecule has 5 nitrogen and oxygen atoms in total. The summed E-state index contributed by atoms with van der Waals surface area (Å²) in [4.78, 5) is 21.0. The number of carboxylic acids is 1. The number of carboxylic acid groups (broad SMARTS) is 1. The topological polar surface area (TPSA) is 66.3 Å². The molecule has 1 heterocycles. The van der Waals surface area contributed by atoms with E-state index in [-0.39, 0.29) is 5.69 Å². The fourth-order valence-corrected chi connectivity index (χ4v) is 1.91. The van der Waals surface area contributed by atoms with E-state index in [1.807, 2.05) is 43.0 Å². The van der Waals surface area contributed by atoms with Gasteiger partial charge in [-0.1, -0.05) is 18.2 Å². The van der Waals surface area contributed by atoms with Crippen LogP contribution in [0.5, 0.6) is 0 Å². The van der Waals surface area contributed by atoms with Crippen molar-refractivity contribution in [2.24, 2.45) is 0 Å². The zero-order valence-electron chi connectivity index (χ0n) is 10.9. The van der Waals surface area contributed by atoms with Crippen LogP contribution >= 0.6 is 0 Å². The number of anilines is 2. The molecular weight excluding hydrogens is 242 g/mol. The van der Waals surface area contributed by atoms with E-state index in [4.69, 9.17) is 5.11 Å². The van der Waals surface area contributed by atoms with Crippen LogP contribution in [-0.4, -0.2) is 27.6 Å². The van der Waals surface area contributed by atoms with E-state index in [9.17, 15) is 4.79 Å². The molecule has 2 rings (SSSR count). The molecule has 1 N–H and O–H groups in total. The number of aromatic carboxylic acids is 1. The van der Waals surface area contributed by atoms with Gasteiger partial charge in [-0.25, -0.2) is 9.78 Å². The van der Waals surface area contributed by atoms with Gasteiger partial charge in [0.25, 0.3) is 0 Å². The molecular formula is C14H15N3O2. The third-order valence-electron chi connectivity index (χ3n) is 2.84. The smallest absolute Gasteiger partial charge is 0.356 e. The SMILES string of the molecule is CCN(c1cncc(C(=O)O)n1)c1ccccc1C. The van der Waals surface area contributed by atoms with Crippen LogP contribution in [-0.2, 0) is 0 Å². The first-order chi connectivity index (χ1) is 9.13. The van der Waals surface area contributed by atoms with Crippen LogP contribution in [0.1, 0.15) is 23.0 Å². The lowest BCUT2D eigenvalue weighted by molar-refractivity contribution is 0.0690. The molecule has 0 radical (unpaired) electrons. The van der Waals surface area contributed by atoms with Crippen molar-refractivity contribution in [3.8, 4) is 0 Å². The Kier molecular flexibility index (Phi) is 3.75. The van der Waals surface area contributed by atoms with Gasteiger partial charge in [-0.05, 0) is 25.5 Å². The number of nitrogens with zero attached hydrogens (tertiary/aromatic N) is 3. The molecule has 0 fully saturated rings. The molecule has 0 aliphatic rings. The molecule has 0 aliphatic carbocycles. The van der Waals surface area contributed by atoms with Crippen molar-refractivity contribution in [3.63, 3.8) is 0 Å². The lowest BCUT2D eigenvalue weighted by atomic mass is 10.2. The zero-order chi connectivity index (χ0) is 13.8. The van der Waals surface area contributed by atoms with Gasteiger partial charge >= 0.3 is 5.97 Å². The quantitative estimate of drug-likeness (QED) is 0.912. The summed E-state index contributed by atoms with van der Waals surface area (Å²) >= 11 is 0. The van der Waals surface area contributed by atoms with Crippen molar-refractivity contribution in [1.29, 1.82) is 0 Å². The summed E-state index contributed by atoms with van der Waals surface area (Å²) in [6.07, 6.45) is 2.82.